The monoisotopic (exact) mass is 327 g/mol. The number of nitrogens with zero attached hydrogens (tertiary/aromatic N) is 5. The van der Waals surface area contributed by atoms with Crippen LogP contribution in [0.4, 0.5) is 10.2 Å². The summed E-state index contributed by atoms with van der Waals surface area (Å²) in [5, 5.41) is 0. The number of hydrogen-bond acceptors (Lipinski definition) is 6. The van der Waals surface area contributed by atoms with Crippen LogP contribution in [0, 0.1) is 12.7 Å². The molecule has 1 saturated heterocycles. The highest BCUT2D eigenvalue weighted by Gasteiger charge is 2.22. The first kappa shape index (κ1) is 15.0. The van der Waals surface area contributed by atoms with E-state index in [1.54, 1.807) is 6.92 Å². The number of hydrogen-bond donors (Lipinski definition) is 0. The van der Waals surface area contributed by atoms with Crippen molar-refractivity contribution >= 4 is 16.9 Å². The normalized spacial score (nSPS) is 16.0. The second-order valence-electron chi connectivity index (χ2n) is 5.94. The Balaban J connectivity index is 1.41. The summed E-state index contributed by atoms with van der Waals surface area (Å²) in [4.78, 5) is 16.7. The Morgan fingerprint density at radius 2 is 1.92 bits per heavy atom. The molecule has 0 radical (unpaired) electrons. The van der Waals surface area contributed by atoms with E-state index < -0.39 is 0 Å². The van der Waals surface area contributed by atoms with Gasteiger partial charge < -0.3 is 9.32 Å². The summed E-state index contributed by atoms with van der Waals surface area (Å²) in [6.45, 7) is 5.36. The number of piperazine rings is 1. The third-order valence-electron chi connectivity index (χ3n) is 4.31. The molecule has 6 nitrogen and oxygen atoms in total. The molecule has 0 atom stereocenters. The van der Waals surface area contributed by atoms with E-state index >= 15 is 0 Å². The van der Waals surface area contributed by atoms with E-state index in [2.05, 4.69) is 19.9 Å². The molecule has 0 bridgehead atoms. The van der Waals surface area contributed by atoms with Gasteiger partial charge in [-0.3, -0.25) is 4.90 Å². The molecule has 0 N–H and O–H groups in total. The van der Waals surface area contributed by atoms with Crippen LogP contribution >= 0.6 is 0 Å². The van der Waals surface area contributed by atoms with Crippen LogP contribution in [0.5, 0.6) is 0 Å². The van der Waals surface area contributed by atoms with E-state index in [0.717, 1.165) is 24.2 Å². The standard InChI is InChI=1S/C17H18FN5O/c1-12-16(18)17(20-11-19-12)23-8-6-22(7-9-23)10-15-21-13-4-2-3-5-14(13)24-15/h2-5,11H,6-10H2,1H3. The van der Waals surface area contributed by atoms with Crippen LogP contribution in [0.1, 0.15) is 11.6 Å². The lowest BCUT2D eigenvalue weighted by molar-refractivity contribution is 0.227. The van der Waals surface area contributed by atoms with Crippen molar-refractivity contribution in [2.75, 3.05) is 31.1 Å². The Morgan fingerprint density at radius 1 is 1.12 bits per heavy atom. The molecule has 2 aromatic heterocycles. The van der Waals surface area contributed by atoms with E-state index in [4.69, 9.17) is 4.42 Å². The fourth-order valence-corrected chi connectivity index (χ4v) is 2.96. The van der Waals surface area contributed by atoms with Crippen molar-refractivity contribution in [3.8, 4) is 0 Å². The van der Waals surface area contributed by atoms with Gasteiger partial charge in [-0.2, -0.15) is 0 Å². The van der Waals surface area contributed by atoms with Crippen LogP contribution in [0.25, 0.3) is 11.1 Å². The maximum atomic E-state index is 14.1. The SMILES string of the molecule is Cc1ncnc(N2CCN(Cc3nc4ccccc4o3)CC2)c1F. The van der Waals surface area contributed by atoms with Gasteiger partial charge in [-0.25, -0.2) is 19.3 Å². The number of aromatic nitrogens is 3. The second kappa shape index (κ2) is 6.16. The first-order valence-corrected chi connectivity index (χ1v) is 7.99. The molecule has 124 valence electrons. The van der Waals surface area contributed by atoms with Gasteiger partial charge in [0.1, 0.15) is 11.8 Å². The summed E-state index contributed by atoms with van der Waals surface area (Å²) < 4.78 is 19.9. The first-order chi connectivity index (χ1) is 11.7. The average molecular weight is 327 g/mol. The van der Waals surface area contributed by atoms with E-state index in [0.29, 0.717) is 37.0 Å². The summed E-state index contributed by atoms with van der Waals surface area (Å²) in [5.41, 5.74) is 2.07. The Labute approximate surface area is 138 Å². The smallest absolute Gasteiger partial charge is 0.209 e. The molecule has 1 aliphatic rings. The molecule has 0 spiro atoms. The molecule has 1 fully saturated rings. The zero-order chi connectivity index (χ0) is 16.5. The third kappa shape index (κ3) is 2.82. The highest BCUT2D eigenvalue weighted by Crippen LogP contribution is 2.20. The maximum Gasteiger partial charge on any atom is 0.209 e. The minimum atomic E-state index is -0.329. The molecule has 1 aromatic carbocycles. The fraction of sp³-hybridized carbons (Fsp3) is 0.353. The van der Waals surface area contributed by atoms with Crippen LogP contribution in [-0.4, -0.2) is 46.0 Å². The average Bonchev–Trinajstić information content (AvgIpc) is 3.00. The molecule has 0 aliphatic carbocycles. The van der Waals surface area contributed by atoms with Crippen molar-refractivity contribution in [1.29, 1.82) is 0 Å². The van der Waals surface area contributed by atoms with Crippen molar-refractivity contribution in [3.05, 3.63) is 48.0 Å². The van der Waals surface area contributed by atoms with Gasteiger partial charge in [-0.1, -0.05) is 12.1 Å². The van der Waals surface area contributed by atoms with E-state index in [1.165, 1.54) is 6.33 Å². The van der Waals surface area contributed by atoms with Crippen molar-refractivity contribution in [2.45, 2.75) is 13.5 Å². The van der Waals surface area contributed by atoms with Gasteiger partial charge in [0.15, 0.2) is 17.2 Å². The van der Waals surface area contributed by atoms with Gasteiger partial charge in [-0.15, -0.1) is 0 Å². The van der Waals surface area contributed by atoms with Crippen molar-refractivity contribution < 1.29 is 8.81 Å². The van der Waals surface area contributed by atoms with Crippen molar-refractivity contribution in [2.24, 2.45) is 0 Å². The van der Waals surface area contributed by atoms with Crippen LogP contribution < -0.4 is 4.90 Å². The van der Waals surface area contributed by atoms with E-state index in [-0.39, 0.29) is 5.82 Å². The number of rotatable bonds is 3. The minimum absolute atomic E-state index is 0.329. The summed E-state index contributed by atoms with van der Waals surface area (Å²) in [6, 6.07) is 7.75. The molecular weight excluding hydrogens is 309 g/mol. The highest BCUT2D eigenvalue weighted by atomic mass is 19.1. The van der Waals surface area contributed by atoms with Crippen molar-refractivity contribution in [1.82, 2.24) is 19.9 Å². The quantitative estimate of drug-likeness (QED) is 0.736. The van der Waals surface area contributed by atoms with Crippen LogP contribution in [0.2, 0.25) is 0 Å². The molecular formula is C17H18FN5O. The Hall–Kier alpha value is -2.54. The number of anilines is 1. The number of aryl methyl sites for hydroxylation is 1. The second-order valence-corrected chi connectivity index (χ2v) is 5.94. The lowest BCUT2D eigenvalue weighted by Gasteiger charge is -2.34. The van der Waals surface area contributed by atoms with E-state index in [1.807, 2.05) is 29.2 Å². The molecule has 3 aromatic rings. The van der Waals surface area contributed by atoms with Gasteiger partial charge >= 0.3 is 0 Å². The van der Waals surface area contributed by atoms with Gasteiger partial charge in [0.25, 0.3) is 0 Å². The summed E-state index contributed by atoms with van der Waals surface area (Å²) in [5.74, 6) is 0.780. The third-order valence-corrected chi connectivity index (χ3v) is 4.31. The minimum Gasteiger partial charge on any atom is -0.439 e. The Morgan fingerprint density at radius 3 is 2.71 bits per heavy atom. The largest absolute Gasteiger partial charge is 0.439 e. The van der Waals surface area contributed by atoms with Gasteiger partial charge in [0.2, 0.25) is 5.89 Å². The first-order valence-electron chi connectivity index (χ1n) is 7.99. The lowest BCUT2D eigenvalue weighted by atomic mass is 10.3. The number of para-hydroxylation sites is 2. The highest BCUT2D eigenvalue weighted by molar-refractivity contribution is 5.72. The van der Waals surface area contributed by atoms with Crippen LogP contribution in [0.15, 0.2) is 35.0 Å². The predicted octanol–water partition coefficient (Wildman–Crippen LogP) is 2.39. The maximum absolute atomic E-state index is 14.1. The number of oxazole rings is 1. The van der Waals surface area contributed by atoms with Gasteiger partial charge in [0, 0.05) is 26.2 Å². The zero-order valence-electron chi connectivity index (χ0n) is 13.4. The topological polar surface area (TPSA) is 58.3 Å². The van der Waals surface area contributed by atoms with Crippen molar-refractivity contribution in [3.63, 3.8) is 0 Å². The summed E-state index contributed by atoms with van der Waals surface area (Å²) in [7, 11) is 0. The Kier molecular flexibility index (Phi) is 3.86. The molecule has 1 aliphatic heterocycles. The fourth-order valence-electron chi connectivity index (χ4n) is 2.96. The molecule has 4 rings (SSSR count). The lowest BCUT2D eigenvalue weighted by Crippen LogP contribution is -2.46. The van der Waals surface area contributed by atoms with E-state index in [9.17, 15) is 4.39 Å². The number of fused-ring (bicyclic) bond motifs is 1. The Bertz CT molecular complexity index is 824. The molecule has 7 heteroatoms. The summed E-state index contributed by atoms with van der Waals surface area (Å²) >= 11 is 0. The van der Waals surface area contributed by atoms with Crippen LogP contribution in [0.3, 0.4) is 0 Å². The molecule has 3 heterocycles. The zero-order valence-corrected chi connectivity index (χ0v) is 13.4. The van der Waals surface area contributed by atoms with Gasteiger partial charge in [0.05, 0.1) is 12.2 Å². The summed E-state index contributed by atoms with van der Waals surface area (Å²) in [6.07, 6.45) is 1.42. The predicted molar refractivity (Wildman–Crippen MR) is 88.2 cm³/mol. The molecule has 0 saturated carbocycles. The van der Waals surface area contributed by atoms with Gasteiger partial charge in [-0.05, 0) is 19.1 Å². The number of benzene rings is 1. The number of halogens is 1. The molecule has 0 unspecified atom stereocenters. The molecule has 0 amide bonds. The molecule has 24 heavy (non-hydrogen) atoms. The van der Waals surface area contributed by atoms with Crippen LogP contribution in [-0.2, 0) is 6.54 Å².